The molecule has 0 radical (unpaired) electrons. The number of hydrogen-bond acceptors (Lipinski definition) is 4. The number of fused-ring (bicyclic) bond motifs is 1. The zero-order chi connectivity index (χ0) is 14.8. The Hall–Kier alpha value is -1.65. The molecule has 0 bridgehead atoms. The summed E-state index contributed by atoms with van der Waals surface area (Å²) in [6.07, 6.45) is 0.741. The number of benzene rings is 2. The number of likely N-dealkylation sites (N-methyl/N-ethyl adjacent to an activating group) is 1. The lowest BCUT2D eigenvalue weighted by molar-refractivity contribution is 0.397. The van der Waals surface area contributed by atoms with Gasteiger partial charge in [0, 0.05) is 22.6 Å². The van der Waals surface area contributed by atoms with Gasteiger partial charge in [-0.05, 0) is 30.7 Å². The molecule has 21 heavy (non-hydrogen) atoms. The van der Waals surface area contributed by atoms with Crippen LogP contribution in [0.4, 0.5) is 0 Å². The number of rotatable bonds is 3. The first kappa shape index (κ1) is 14.3. The van der Waals surface area contributed by atoms with Gasteiger partial charge >= 0.3 is 0 Å². The molecule has 110 valence electrons. The van der Waals surface area contributed by atoms with Gasteiger partial charge in [0.1, 0.15) is 0 Å². The second kappa shape index (κ2) is 6.00. The van der Waals surface area contributed by atoms with Crippen LogP contribution in [0.25, 0.3) is 0 Å². The van der Waals surface area contributed by atoms with Crippen LogP contribution in [-0.4, -0.2) is 23.8 Å². The number of phenolic OH excluding ortho intramolecular Hbond substituents is 2. The van der Waals surface area contributed by atoms with Gasteiger partial charge in [0.2, 0.25) is 0 Å². The molecule has 1 heterocycles. The second-order valence-corrected chi connectivity index (χ2v) is 6.70. The van der Waals surface area contributed by atoms with Gasteiger partial charge in [-0.2, -0.15) is 0 Å². The van der Waals surface area contributed by atoms with E-state index in [1.54, 1.807) is 6.07 Å². The van der Waals surface area contributed by atoms with Crippen molar-refractivity contribution < 1.29 is 10.2 Å². The number of thioether (sulfide) groups is 1. The summed E-state index contributed by atoms with van der Waals surface area (Å²) in [5.74, 6) is 0.00510. The first-order valence-electron chi connectivity index (χ1n) is 7.09. The Balaban J connectivity index is 2.01. The summed E-state index contributed by atoms with van der Waals surface area (Å²) >= 11 is 1.91. The molecule has 3 nitrogen and oxygen atoms in total. The van der Waals surface area contributed by atoms with E-state index in [1.807, 2.05) is 43.1 Å². The number of aromatic hydroxyl groups is 2. The van der Waals surface area contributed by atoms with Gasteiger partial charge in [-0.1, -0.05) is 36.4 Å². The Kier molecular flexibility index (Phi) is 4.08. The highest BCUT2D eigenvalue weighted by atomic mass is 32.2. The van der Waals surface area contributed by atoms with Crippen molar-refractivity contribution in [1.82, 2.24) is 5.32 Å². The lowest BCUT2D eigenvalue weighted by Crippen LogP contribution is -2.21. The molecule has 4 heteroatoms. The Bertz CT molecular complexity index is 630. The SMILES string of the molecule is CNCC1SC(c2ccccc2)Cc2c1ccc(O)c2O. The number of hydrogen-bond donors (Lipinski definition) is 3. The van der Waals surface area contributed by atoms with Crippen LogP contribution in [0.1, 0.15) is 27.2 Å². The van der Waals surface area contributed by atoms with Crippen LogP contribution in [0.5, 0.6) is 11.5 Å². The van der Waals surface area contributed by atoms with E-state index in [4.69, 9.17) is 0 Å². The van der Waals surface area contributed by atoms with Crippen LogP contribution in [0.3, 0.4) is 0 Å². The molecular formula is C17H19NO2S. The van der Waals surface area contributed by atoms with Crippen molar-refractivity contribution in [2.24, 2.45) is 0 Å². The van der Waals surface area contributed by atoms with Crippen molar-refractivity contribution >= 4 is 11.8 Å². The van der Waals surface area contributed by atoms with Crippen molar-refractivity contribution in [1.29, 1.82) is 0 Å². The van der Waals surface area contributed by atoms with E-state index in [9.17, 15) is 10.2 Å². The van der Waals surface area contributed by atoms with E-state index in [0.29, 0.717) is 5.25 Å². The molecule has 0 saturated carbocycles. The average molecular weight is 301 g/mol. The molecule has 1 aliphatic rings. The largest absolute Gasteiger partial charge is 0.504 e. The lowest BCUT2D eigenvalue weighted by atomic mass is 9.95. The van der Waals surface area contributed by atoms with E-state index in [0.717, 1.165) is 24.1 Å². The summed E-state index contributed by atoms with van der Waals surface area (Å²) in [4.78, 5) is 0. The third kappa shape index (κ3) is 2.74. The van der Waals surface area contributed by atoms with E-state index in [1.165, 1.54) is 5.56 Å². The summed E-state index contributed by atoms with van der Waals surface area (Å²) < 4.78 is 0. The first-order valence-corrected chi connectivity index (χ1v) is 8.03. The fourth-order valence-electron chi connectivity index (χ4n) is 2.87. The molecule has 2 unspecified atom stereocenters. The zero-order valence-corrected chi connectivity index (χ0v) is 12.7. The maximum absolute atomic E-state index is 10.2. The van der Waals surface area contributed by atoms with Crippen molar-refractivity contribution in [2.75, 3.05) is 13.6 Å². The lowest BCUT2D eigenvalue weighted by Gasteiger charge is -2.32. The highest BCUT2D eigenvalue weighted by molar-refractivity contribution is 7.99. The number of phenols is 2. The van der Waals surface area contributed by atoms with Gasteiger partial charge in [-0.3, -0.25) is 0 Å². The monoisotopic (exact) mass is 301 g/mol. The molecule has 2 aromatic rings. The average Bonchev–Trinajstić information content (AvgIpc) is 2.52. The Morgan fingerprint density at radius 1 is 1.14 bits per heavy atom. The van der Waals surface area contributed by atoms with E-state index >= 15 is 0 Å². The summed E-state index contributed by atoms with van der Waals surface area (Å²) in [6, 6.07) is 13.9. The third-order valence-corrected chi connectivity index (χ3v) is 5.44. The Morgan fingerprint density at radius 3 is 2.62 bits per heavy atom. The summed E-state index contributed by atoms with van der Waals surface area (Å²) in [6.45, 7) is 0.839. The molecule has 0 saturated heterocycles. The highest BCUT2D eigenvalue weighted by Gasteiger charge is 2.30. The minimum Gasteiger partial charge on any atom is -0.504 e. The van der Waals surface area contributed by atoms with Crippen molar-refractivity contribution in [3.8, 4) is 11.5 Å². The van der Waals surface area contributed by atoms with Gasteiger partial charge in [0.15, 0.2) is 11.5 Å². The van der Waals surface area contributed by atoms with Gasteiger partial charge in [-0.25, -0.2) is 0 Å². The molecule has 2 atom stereocenters. The Labute approximate surface area is 129 Å². The minimum atomic E-state index is -0.0318. The van der Waals surface area contributed by atoms with Crippen molar-refractivity contribution in [3.63, 3.8) is 0 Å². The minimum absolute atomic E-state index is 0.0318. The predicted octanol–water partition coefficient (Wildman–Crippen LogP) is 3.39. The molecule has 0 fully saturated rings. The van der Waals surface area contributed by atoms with Gasteiger partial charge in [-0.15, -0.1) is 11.8 Å². The van der Waals surface area contributed by atoms with Gasteiger partial charge < -0.3 is 15.5 Å². The molecule has 1 aliphatic heterocycles. The molecule has 2 aromatic carbocycles. The van der Waals surface area contributed by atoms with Crippen molar-refractivity contribution in [3.05, 3.63) is 59.2 Å². The van der Waals surface area contributed by atoms with E-state index < -0.39 is 0 Å². The van der Waals surface area contributed by atoms with Crippen LogP contribution < -0.4 is 5.32 Å². The Morgan fingerprint density at radius 2 is 1.90 bits per heavy atom. The molecule has 0 amide bonds. The maximum Gasteiger partial charge on any atom is 0.161 e. The summed E-state index contributed by atoms with van der Waals surface area (Å²) in [7, 11) is 1.94. The molecule has 0 aromatic heterocycles. The molecule has 3 rings (SSSR count). The smallest absolute Gasteiger partial charge is 0.161 e. The van der Waals surface area contributed by atoms with Gasteiger partial charge in [0.05, 0.1) is 0 Å². The zero-order valence-electron chi connectivity index (χ0n) is 11.9. The van der Waals surface area contributed by atoms with E-state index in [-0.39, 0.29) is 16.7 Å². The van der Waals surface area contributed by atoms with Crippen LogP contribution in [0.15, 0.2) is 42.5 Å². The third-order valence-electron chi connectivity index (χ3n) is 3.92. The maximum atomic E-state index is 10.2. The fraction of sp³-hybridized carbons (Fsp3) is 0.294. The normalized spacial score (nSPS) is 21.0. The molecule has 0 aliphatic carbocycles. The van der Waals surface area contributed by atoms with Crippen LogP contribution in [-0.2, 0) is 6.42 Å². The first-order chi connectivity index (χ1) is 10.2. The molecular weight excluding hydrogens is 282 g/mol. The van der Waals surface area contributed by atoms with Crippen LogP contribution in [0, 0.1) is 0 Å². The van der Waals surface area contributed by atoms with Crippen LogP contribution in [0.2, 0.25) is 0 Å². The van der Waals surface area contributed by atoms with Crippen molar-refractivity contribution in [2.45, 2.75) is 16.9 Å². The quantitative estimate of drug-likeness (QED) is 0.761. The fourth-order valence-corrected chi connectivity index (χ4v) is 4.47. The van der Waals surface area contributed by atoms with Crippen LogP contribution >= 0.6 is 11.8 Å². The topological polar surface area (TPSA) is 52.5 Å². The predicted molar refractivity (Wildman–Crippen MR) is 86.9 cm³/mol. The standard InChI is InChI=1S/C17H19NO2S/c1-18-10-16-12-7-8-14(19)17(20)13(12)9-15(21-16)11-5-3-2-4-6-11/h2-8,15-16,18-20H,9-10H2,1H3. The van der Waals surface area contributed by atoms with E-state index in [2.05, 4.69) is 17.4 Å². The summed E-state index contributed by atoms with van der Waals surface area (Å²) in [5, 5.41) is 23.8. The highest BCUT2D eigenvalue weighted by Crippen LogP contribution is 2.51. The molecule has 3 N–H and O–H groups in total. The van der Waals surface area contributed by atoms with Gasteiger partial charge in [0.25, 0.3) is 0 Å². The second-order valence-electron chi connectivity index (χ2n) is 5.29. The number of nitrogens with one attached hydrogen (secondary N) is 1. The molecule has 0 spiro atoms. The summed E-state index contributed by atoms with van der Waals surface area (Å²) in [5.41, 5.74) is 3.26.